The fraction of sp³-hybridized carbons (Fsp3) is 0.294. The van der Waals surface area contributed by atoms with E-state index in [0.29, 0.717) is 22.8 Å². The maximum Gasteiger partial charge on any atom is 0.101 e. The molecule has 1 saturated carbocycles. The van der Waals surface area contributed by atoms with Crippen LogP contribution < -0.4 is 5.73 Å². The summed E-state index contributed by atoms with van der Waals surface area (Å²) in [5.41, 5.74) is 9.83. The van der Waals surface area contributed by atoms with Gasteiger partial charge in [-0.3, -0.25) is 0 Å². The number of nitrogens with two attached hydrogens (primary N) is 1. The molecule has 0 saturated heterocycles. The summed E-state index contributed by atoms with van der Waals surface area (Å²) in [5.74, 6) is 0.489. The molecule has 3 heteroatoms. The van der Waals surface area contributed by atoms with Gasteiger partial charge < -0.3 is 5.73 Å². The standard InChI is InChI=1S/C17H15N3/c18-9-15-13(11-4-2-1-3-5-11)8-14(12-6-7-12)16(10-19)17(15)20/h1-5,12-13H,6-8,20H2/t13-/m0/s1. The van der Waals surface area contributed by atoms with Crippen LogP contribution in [0.1, 0.15) is 30.7 Å². The maximum absolute atomic E-state index is 9.43. The Morgan fingerprint density at radius 2 is 1.75 bits per heavy atom. The van der Waals surface area contributed by atoms with Crippen LogP contribution in [0.2, 0.25) is 0 Å². The van der Waals surface area contributed by atoms with Gasteiger partial charge in [-0.2, -0.15) is 10.5 Å². The molecule has 0 unspecified atom stereocenters. The number of hydrogen-bond donors (Lipinski definition) is 1. The molecular weight excluding hydrogens is 246 g/mol. The van der Waals surface area contributed by atoms with Crippen molar-refractivity contribution in [3.8, 4) is 12.1 Å². The molecule has 1 aromatic rings. The number of hydrogen-bond acceptors (Lipinski definition) is 3. The van der Waals surface area contributed by atoms with E-state index >= 15 is 0 Å². The summed E-state index contributed by atoms with van der Waals surface area (Å²) in [6.45, 7) is 0. The second-order valence-corrected chi connectivity index (χ2v) is 5.39. The number of benzene rings is 1. The van der Waals surface area contributed by atoms with E-state index in [2.05, 4.69) is 12.1 Å². The van der Waals surface area contributed by atoms with Crippen molar-refractivity contribution >= 4 is 0 Å². The van der Waals surface area contributed by atoms with Crippen LogP contribution in [-0.4, -0.2) is 0 Å². The summed E-state index contributed by atoms with van der Waals surface area (Å²) in [5, 5.41) is 18.8. The maximum atomic E-state index is 9.43. The molecule has 0 amide bonds. The van der Waals surface area contributed by atoms with E-state index in [0.717, 1.165) is 30.4 Å². The molecule has 0 radical (unpaired) electrons. The fourth-order valence-electron chi connectivity index (χ4n) is 2.96. The molecule has 0 bridgehead atoms. The summed E-state index contributed by atoms with van der Waals surface area (Å²) in [6, 6.07) is 14.4. The van der Waals surface area contributed by atoms with Gasteiger partial charge >= 0.3 is 0 Å². The minimum absolute atomic E-state index is 0.00565. The van der Waals surface area contributed by atoms with E-state index in [1.165, 1.54) is 0 Å². The van der Waals surface area contributed by atoms with Gasteiger partial charge in [0, 0.05) is 5.92 Å². The third kappa shape index (κ3) is 1.98. The molecule has 98 valence electrons. The first-order valence-electron chi connectivity index (χ1n) is 6.84. The van der Waals surface area contributed by atoms with Gasteiger partial charge in [-0.25, -0.2) is 0 Å². The lowest BCUT2D eigenvalue weighted by atomic mass is 9.77. The number of allylic oxidation sites excluding steroid dienone is 3. The van der Waals surface area contributed by atoms with Crippen molar-refractivity contribution in [3.63, 3.8) is 0 Å². The second-order valence-electron chi connectivity index (χ2n) is 5.39. The third-order valence-corrected chi connectivity index (χ3v) is 4.16. The highest BCUT2D eigenvalue weighted by Gasteiger charge is 2.36. The first-order valence-corrected chi connectivity index (χ1v) is 6.84. The first-order chi connectivity index (χ1) is 9.76. The van der Waals surface area contributed by atoms with Crippen LogP contribution in [0.4, 0.5) is 0 Å². The Morgan fingerprint density at radius 3 is 2.30 bits per heavy atom. The Hall–Kier alpha value is -2.52. The van der Waals surface area contributed by atoms with E-state index in [1.54, 1.807) is 0 Å². The fourth-order valence-corrected chi connectivity index (χ4v) is 2.96. The van der Waals surface area contributed by atoms with Gasteiger partial charge in [0.25, 0.3) is 0 Å². The lowest BCUT2D eigenvalue weighted by molar-refractivity contribution is 0.719. The molecule has 1 fully saturated rings. The molecule has 0 aliphatic heterocycles. The van der Waals surface area contributed by atoms with Crippen molar-refractivity contribution in [1.82, 2.24) is 0 Å². The molecule has 20 heavy (non-hydrogen) atoms. The van der Waals surface area contributed by atoms with E-state index in [9.17, 15) is 10.5 Å². The minimum Gasteiger partial charge on any atom is -0.397 e. The number of nitriles is 2. The van der Waals surface area contributed by atoms with Crippen molar-refractivity contribution in [2.45, 2.75) is 25.2 Å². The summed E-state index contributed by atoms with van der Waals surface area (Å²) in [7, 11) is 0. The highest BCUT2D eigenvalue weighted by molar-refractivity contribution is 5.57. The highest BCUT2D eigenvalue weighted by Crippen LogP contribution is 2.48. The van der Waals surface area contributed by atoms with Crippen molar-refractivity contribution in [2.75, 3.05) is 0 Å². The Labute approximate surface area is 118 Å². The van der Waals surface area contributed by atoms with Crippen molar-refractivity contribution in [1.29, 1.82) is 10.5 Å². The van der Waals surface area contributed by atoms with Crippen molar-refractivity contribution in [3.05, 3.63) is 58.3 Å². The molecule has 2 aliphatic carbocycles. The largest absolute Gasteiger partial charge is 0.397 e. The van der Waals surface area contributed by atoms with Gasteiger partial charge in [0.15, 0.2) is 0 Å². The normalized spacial score (nSPS) is 22.4. The average Bonchev–Trinajstić information content (AvgIpc) is 3.31. The summed E-state index contributed by atoms with van der Waals surface area (Å²) in [4.78, 5) is 0. The van der Waals surface area contributed by atoms with Gasteiger partial charge in [0.1, 0.15) is 6.07 Å². The average molecular weight is 261 g/mol. The lowest BCUT2D eigenvalue weighted by Crippen LogP contribution is -2.19. The van der Waals surface area contributed by atoms with Crippen LogP contribution in [0, 0.1) is 28.6 Å². The Balaban J connectivity index is 2.10. The van der Waals surface area contributed by atoms with E-state index in [-0.39, 0.29) is 5.92 Å². The number of rotatable bonds is 2. The van der Waals surface area contributed by atoms with Crippen LogP contribution >= 0.6 is 0 Å². The van der Waals surface area contributed by atoms with Crippen LogP contribution in [0.15, 0.2) is 52.7 Å². The Kier molecular flexibility index (Phi) is 3.05. The lowest BCUT2D eigenvalue weighted by Gasteiger charge is -2.26. The van der Waals surface area contributed by atoms with Crippen LogP contribution in [0.25, 0.3) is 0 Å². The van der Waals surface area contributed by atoms with Gasteiger partial charge in [0.05, 0.1) is 22.9 Å². The van der Waals surface area contributed by atoms with Gasteiger partial charge in [0.2, 0.25) is 0 Å². The Bertz CT molecular complexity index is 679. The molecule has 2 N–H and O–H groups in total. The first kappa shape index (κ1) is 12.5. The zero-order valence-electron chi connectivity index (χ0n) is 11.1. The van der Waals surface area contributed by atoms with Crippen LogP contribution in [0.5, 0.6) is 0 Å². The zero-order valence-corrected chi connectivity index (χ0v) is 11.1. The van der Waals surface area contributed by atoms with E-state index in [1.807, 2.05) is 30.3 Å². The monoisotopic (exact) mass is 261 g/mol. The molecule has 1 aromatic carbocycles. The topological polar surface area (TPSA) is 73.6 Å². The highest BCUT2D eigenvalue weighted by atomic mass is 14.6. The molecule has 3 rings (SSSR count). The zero-order chi connectivity index (χ0) is 14.1. The third-order valence-electron chi connectivity index (χ3n) is 4.16. The predicted octanol–water partition coefficient (Wildman–Crippen LogP) is 3.14. The van der Waals surface area contributed by atoms with Gasteiger partial charge in [-0.05, 0) is 36.3 Å². The van der Waals surface area contributed by atoms with Crippen molar-refractivity contribution in [2.24, 2.45) is 11.7 Å². The summed E-state index contributed by atoms with van der Waals surface area (Å²) >= 11 is 0. The summed E-state index contributed by atoms with van der Waals surface area (Å²) < 4.78 is 0. The molecule has 0 aromatic heterocycles. The summed E-state index contributed by atoms with van der Waals surface area (Å²) in [6.07, 6.45) is 3.02. The Morgan fingerprint density at radius 1 is 1.05 bits per heavy atom. The van der Waals surface area contributed by atoms with Crippen LogP contribution in [-0.2, 0) is 0 Å². The molecule has 1 atom stereocenters. The molecule has 0 heterocycles. The van der Waals surface area contributed by atoms with E-state index < -0.39 is 0 Å². The molecule has 0 spiro atoms. The van der Waals surface area contributed by atoms with Crippen LogP contribution in [0.3, 0.4) is 0 Å². The quantitative estimate of drug-likeness (QED) is 0.888. The van der Waals surface area contributed by atoms with E-state index in [4.69, 9.17) is 5.73 Å². The molecule has 3 nitrogen and oxygen atoms in total. The smallest absolute Gasteiger partial charge is 0.101 e. The van der Waals surface area contributed by atoms with Gasteiger partial charge in [-0.15, -0.1) is 0 Å². The second kappa shape index (κ2) is 4.87. The molecular formula is C17H15N3. The SMILES string of the molecule is N#CC1=C(C2CC2)C[C@@H](c2ccccc2)C(C#N)=C1N. The predicted molar refractivity (Wildman–Crippen MR) is 76.0 cm³/mol. The number of nitrogens with zero attached hydrogens (tertiary/aromatic N) is 2. The molecule has 2 aliphatic rings. The van der Waals surface area contributed by atoms with Gasteiger partial charge in [-0.1, -0.05) is 30.3 Å². The minimum atomic E-state index is -0.00565. The van der Waals surface area contributed by atoms with Crippen molar-refractivity contribution < 1.29 is 0 Å².